The Morgan fingerprint density at radius 3 is 2.65 bits per heavy atom. The van der Waals surface area contributed by atoms with Crippen LogP contribution in [0.4, 0.5) is 5.69 Å². The summed E-state index contributed by atoms with van der Waals surface area (Å²) < 4.78 is 28.5. The number of sulfonamides is 1. The van der Waals surface area contributed by atoms with E-state index in [0.29, 0.717) is 16.9 Å². The predicted molar refractivity (Wildman–Crippen MR) is 90.0 cm³/mol. The van der Waals surface area contributed by atoms with Gasteiger partial charge in [0.25, 0.3) is 15.6 Å². The summed E-state index contributed by atoms with van der Waals surface area (Å²) in [6.07, 6.45) is 0. The average Bonchev–Trinajstić information content (AvgIpc) is 3.05. The number of rotatable bonds is 4. The fourth-order valence-corrected chi connectivity index (χ4v) is 4.06. The topological polar surface area (TPSA) is 81.1 Å². The monoisotopic (exact) mass is 347 g/mol. The quantitative estimate of drug-likeness (QED) is 0.785. The van der Waals surface area contributed by atoms with E-state index in [-0.39, 0.29) is 9.77 Å². The summed E-state index contributed by atoms with van der Waals surface area (Å²) in [6, 6.07) is 13.1. The molecule has 1 N–H and O–H groups in total. The highest BCUT2D eigenvalue weighted by atomic mass is 32.2. The number of hydrogen-bond acceptors (Lipinski definition) is 5. The highest BCUT2D eigenvalue weighted by Crippen LogP contribution is 2.24. The predicted octanol–water partition coefficient (Wildman–Crippen LogP) is 2.31. The SMILES string of the molecule is Cn1nc(-c2cccc(NS(=O)(=O)c3cccs3)c2)ccc1=O. The Bertz CT molecular complexity index is 993. The summed E-state index contributed by atoms with van der Waals surface area (Å²) >= 11 is 1.15. The summed E-state index contributed by atoms with van der Waals surface area (Å²) in [6.45, 7) is 0. The van der Waals surface area contributed by atoms with Crippen LogP contribution in [0.25, 0.3) is 11.3 Å². The highest BCUT2D eigenvalue weighted by Gasteiger charge is 2.15. The molecule has 0 unspecified atom stereocenters. The van der Waals surface area contributed by atoms with Gasteiger partial charge < -0.3 is 0 Å². The molecule has 2 heterocycles. The van der Waals surface area contributed by atoms with Gasteiger partial charge in [0.1, 0.15) is 4.21 Å². The van der Waals surface area contributed by atoms with Crippen LogP contribution in [0.5, 0.6) is 0 Å². The molecule has 0 radical (unpaired) electrons. The first-order chi connectivity index (χ1) is 11.0. The summed E-state index contributed by atoms with van der Waals surface area (Å²) in [7, 11) is -2.03. The number of aryl methyl sites for hydroxylation is 1. The van der Waals surface area contributed by atoms with Crippen LogP contribution in [-0.2, 0) is 17.1 Å². The Hall–Kier alpha value is -2.45. The van der Waals surface area contributed by atoms with Crippen LogP contribution in [0.1, 0.15) is 0 Å². The van der Waals surface area contributed by atoms with E-state index < -0.39 is 10.0 Å². The van der Waals surface area contributed by atoms with Crippen LogP contribution in [0.3, 0.4) is 0 Å². The van der Waals surface area contributed by atoms with Crippen molar-refractivity contribution < 1.29 is 8.42 Å². The fraction of sp³-hybridized carbons (Fsp3) is 0.0667. The van der Waals surface area contributed by atoms with Crippen molar-refractivity contribution in [1.82, 2.24) is 9.78 Å². The molecule has 0 aliphatic rings. The highest BCUT2D eigenvalue weighted by molar-refractivity contribution is 7.94. The molecule has 0 atom stereocenters. The molecule has 0 saturated carbocycles. The van der Waals surface area contributed by atoms with E-state index in [4.69, 9.17) is 0 Å². The van der Waals surface area contributed by atoms with Crippen molar-refractivity contribution in [3.8, 4) is 11.3 Å². The van der Waals surface area contributed by atoms with Gasteiger partial charge in [-0.3, -0.25) is 9.52 Å². The molecule has 0 bridgehead atoms. The fourth-order valence-electron chi connectivity index (χ4n) is 2.02. The second-order valence-corrected chi connectivity index (χ2v) is 7.66. The van der Waals surface area contributed by atoms with Crippen molar-refractivity contribution in [2.24, 2.45) is 7.05 Å². The molecule has 0 aliphatic carbocycles. The third-order valence-corrected chi connectivity index (χ3v) is 5.91. The van der Waals surface area contributed by atoms with E-state index in [2.05, 4.69) is 9.82 Å². The second kappa shape index (κ2) is 5.98. The largest absolute Gasteiger partial charge is 0.279 e. The van der Waals surface area contributed by atoms with Gasteiger partial charge in [0.2, 0.25) is 0 Å². The molecular weight excluding hydrogens is 334 g/mol. The van der Waals surface area contributed by atoms with Gasteiger partial charge in [0.15, 0.2) is 0 Å². The lowest BCUT2D eigenvalue weighted by atomic mass is 10.1. The van der Waals surface area contributed by atoms with E-state index in [1.165, 1.54) is 10.7 Å². The van der Waals surface area contributed by atoms with Crippen molar-refractivity contribution in [2.45, 2.75) is 4.21 Å². The van der Waals surface area contributed by atoms with Gasteiger partial charge in [-0.25, -0.2) is 13.1 Å². The zero-order valence-corrected chi connectivity index (χ0v) is 13.8. The molecule has 6 nitrogen and oxygen atoms in total. The van der Waals surface area contributed by atoms with Crippen LogP contribution in [0.15, 0.2) is 62.9 Å². The Labute approximate surface area is 137 Å². The molecule has 23 heavy (non-hydrogen) atoms. The molecule has 0 saturated heterocycles. The number of benzene rings is 1. The molecule has 8 heteroatoms. The molecule has 0 amide bonds. The Morgan fingerprint density at radius 2 is 1.96 bits per heavy atom. The van der Waals surface area contributed by atoms with Gasteiger partial charge in [-0.1, -0.05) is 18.2 Å². The summed E-state index contributed by atoms with van der Waals surface area (Å²) in [5, 5.41) is 5.87. The minimum atomic E-state index is -3.59. The molecule has 118 valence electrons. The maximum Gasteiger partial charge on any atom is 0.271 e. The van der Waals surface area contributed by atoms with Gasteiger partial charge in [0.05, 0.1) is 5.69 Å². The van der Waals surface area contributed by atoms with Crippen LogP contribution in [0.2, 0.25) is 0 Å². The number of nitrogens with one attached hydrogen (secondary N) is 1. The van der Waals surface area contributed by atoms with Gasteiger partial charge in [-0.15, -0.1) is 11.3 Å². The summed E-state index contributed by atoms with van der Waals surface area (Å²) in [5.41, 5.74) is 1.53. The standard InChI is InChI=1S/C15H13N3O3S2/c1-18-14(19)8-7-13(16-18)11-4-2-5-12(10-11)17-23(20,21)15-6-3-9-22-15/h2-10,17H,1H3. The van der Waals surface area contributed by atoms with Crippen molar-refractivity contribution in [1.29, 1.82) is 0 Å². The van der Waals surface area contributed by atoms with E-state index in [1.54, 1.807) is 54.9 Å². The van der Waals surface area contributed by atoms with Gasteiger partial charge >= 0.3 is 0 Å². The lowest BCUT2D eigenvalue weighted by Crippen LogP contribution is -2.18. The zero-order valence-electron chi connectivity index (χ0n) is 12.1. The normalized spacial score (nSPS) is 11.3. The van der Waals surface area contributed by atoms with Crippen molar-refractivity contribution in [3.63, 3.8) is 0 Å². The first-order valence-corrected chi connectivity index (χ1v) is 9.03. The zero-order chi connectivity index (χ0) is 16.4. The third-order valence-electron chi connectivity index (χ3n) is 3.13. The number of anilines is 1. The lowest BCUT2D eigenvalue weighted by molar-refractivity contribution is 0.603. The molecule has 1 aromatic carbocycles. The number of thiophene rings is 1. The summed E-state index contributed by atoms with van der Waals surface area (Å²) in [5.74, 6) is 0. The lowest BCUT2D eigenvalue weighted by Gasteiger charge is -2.08. The molecule has 0 aliphatic heterocycles. The van der Waals surface area contributed by atoms with Crippen LogP contribution in [0, 0.1) is 0 Å². The molecule has 0 fully saturated rings. The molecule has 2 aromatic heterocycles. The Kier molecular flexibility index (Phi) is 4.01. The minimum absolute atomic E-state index is 0.205. The Balaban J connectivity index is 1.94. The smallest absolute Gasteiger partial charge is 0.271 e. The van der Waals surface area contributed by atoms with E-state index >= 15 is 0 Å². The van der Waals surface area contributed by atoms with Crippen LogP contribution < -0.4 is 10.3 Å². The summed E-state index contributed by atoms with van der Waals surface area (Å²) in [4.78, 5) is 11.4. The van der Waals surface area contributed by atoms with Crippen LogP contribution >= 0.6 is 11.3 Å². The van der Waals surface area contributed by atoms with E-state index in [9.17, 15) is 13.2 Å². The average molecular weight is 347 g/mol. The first-order valence-electron chi connectivity index (χ1n) is 6.67. The second-order valence-electron chi connectivity index (χ2n) is 4.80. The van der Waals surface area contributed by atoms with Gasteiger partial charge in [0, 0.05) is 24.4 Å². The maximum atomic E-state index is 12.2. The molecule has 3 rings (SSSR count). The maximum absolute atomic E-state index is 12.2. The van der Waals surface area contributed by atoms with E-state index in [1.807, 2.05) is 0 Å². The number of nitrogens with zero attached hydrogens (tertiary/aromatic N) is 2. The van der Waals surface area contributed by atoms with E-state index in [0.717, 1.165) is 11.3 Å². The van der Waals surface area contributed by atoms with Gasteiger partial charge in [-0.05, 0) is 29.6 Å². The molecule has 3 aromatic rings. The van der Waals surface area contributed by atoms with Crippen molar-refractivity contribution in [2.75, 3.05) is 4.72 Å². The molecule has 0 spiro atoms. The number of aromatic nitrogens is 2. The third kappa shape index (κ3) is 3.33. The Morgan fingerprint density at radius 1 is 1.13 bits per heavy atom. The van der Waals surface area contributed by atoms with Gasteiger partial charge in [-0.2, -0.15) is 5.10 Å². The molecular formula is C15H13N3O3S2. The number of hydrogen-bond donors (Lipinski definition) is 1. The van der Waals surface area contributed by atoms with Crippen molar-refractivity contribution >= 4 is 27.0 Å². The first kappa shape index (κ1) is 15.4. The minimum Gasteiger partial charge on any atom is -0.279 e. The van der Waals surface area contributed by atoms with Crippen LogP contribution in [-0.4, -0.2) is 18.2 Å². The van der Waals surface area contributed by atoms with Crippen molar-refractivity contribution in [3.05, 3.63) is 64.3 Å².